The van der Waals surface area contributed by atoms with Crippen LogP contribution in [-0.2, 0) is 0 Å². The maximum atomic E-state index is 9.26. The maximum Gasteiger partial charge on any atom is 0.115 e. The van der Waals surface area contributed by atoms with Crippen LogP contribution in [0.1, 0.15) is 39.0 Å². The molecule has 19 heavy (non-hydrogen) atoms. The van der Waals surface area contributed by atoms with Gasteiger partial charge in [-0.2, -0.15) is 0 Å². The van der Waals surface area contributed by atoms with Crippen molar-refractivity contribution in [1.82, 2.24) is 4.90 Å². The van der Waals surface area contributed by atoms with E-state index in [2.05, 4.69) is 11.8 Å². The van der Waals surface area contributed by atoms with E-state index in [-0.39, 0.29) is 0 Å². The smallest absolute Gasteiger partial charge is 0.115 e. The maximum absolute atomic E-state index is 9.26. The van der Waals surface area contributed by atoms with Crippen molar-refractivity contribution in [1.29, 1.82) is 0 Å². The van der Waals surface area contributed by atoms with E-state index in [1.807, 2.05) is 23.9 Å². The second-order valence-corrected chi connectivity index (χ2v) is 6.98. The van der Waals surface area contributed by atoms with Crippen molar-refractivity contribution in [2.24, 2.45) is 0 Å². The van der Waals surface area contributed by atoms with Crippen LogP contribution in [0, 0.1) is 0 Å². The Labute approximate surface area is 121 Å². The van der Waals surface area contributed by atoms with Crippen LogP contribution < -0.4 is 0 Å². The lowest BCUT2D eigenvalue weighted by molar-refractivity contribution is 0.225. The lowest BCUT2D eigenvalue weighted by Gasteiger charge is -2.26. The molecule has 0 radical (unpaired) electrons. The van der Waals surface area contributed by atoms with Gasteiger partial charge in [0, 0.05) is 10.1 Å². The molecule has 1 atom stereocenters. The molecule has 0 aromatic heterocycles. The van der Waals surface area contributed by atoms with Crippen LogP contribution in [-0.4, -0.2) is 34.9 Å². The first-order valence-corrected chi connectivity index (χ1v) is 8.30. The Morgan fingerprint density at radius 2 is 1.84 bits per heavy atom. The minimum atomic E-state index is 0.349. The van der Waals surface area contributed by atoms with E-state index in [1.165, 1.54) is 56.6 Å². The Hall–Kier alpha value is -0.670. The highest BCUT2D eigenvalue weighted by atomic mass is 32.2. The van der Waals surface area contributed by atoms with Gasteiger partial charge >= 0.3 is 0 Å². The summed E-state index contributed by atoms with van der Waals surface area (Å²) in [5, 5.41) is 9.91. The molecule has 0 aliphatic carbocycles. The summed E-state index contributed by atoms with van der Waals surface area (Å²) >= 11 is 1.91. The van der Waals surface area contributed by atoms with Gasteiger partial charge in [-0.1, -0.05) is 13.3 Å². The van der Waals surface area contributed by atoms with Crippen molar-refractivity contribution in [3.8, 4) is 5.75 Å². The van der Waals surface area contributed by atoms with Crippen LogP contribution in [0.3, 0.4) is 0 Å². The molecule has 0 saturated carbocycles. The highest BCUT2D eigenvalue weighted by Crippen LogP contribution is 2.27. The number of thioether (sulfide) groups is 1. The summed E-state index contributed by atoms with van der Waals surface area (Å²) in [6.07, 6.45) is 6.76. The lowest BCUT2D eigenvalue weighted by atomic mass is 10.1. The van der Waals surface area contributed by atoms with Gasteiger partial charge < -0.3 is 10.0 Å². The minimum Gasteiger partial charge on any atom is -0.508 e. The van der Waals surface area contributed by atoms with Crippen LogP contribution in [0.2, 0.25) is 0 Å². The molecule has 0 spiro atoms. The summed E-state index contributed by atoms with van der Waals surface area (Å²) in [5.74, 6) is 0.349. The van der Waals surface area contributed by atoms with Crippen LogP contribution in [0.4, 0.5) is 0 Å². The molecule has 0 amide bonds. The van der Waals surface area contributed by atoms with E-state index >= 15 is 0 Å². The third-order valence-electron chi connectivity index (χ3n) is 3.71. The summed E-state index contributed by atoms with van der Waals surface area (Å²) in [5.41, 5.74) is 0. The van der Waals surface area contributed by atoms with E-state index in [0.29, 0.717) is 11.0 Å². The summed E-state index contributed by atoms with van der Waals surface area (Å²) in [4.78, 5) is 3.87. The van der Waals surface area contributed by atoms with E-state index in [1.54, 1.807) is 12.1 Å². The van der Waals surface area contributed by atoms with Crippen LogP contribution in [0.5, 0.6) is 5.75 Å². The molecule has 1 aliphatic rings. The van der Waals surface area contributed by atoms with Crippen molar-refractivity contribution >= 4 is 11.8 Å². The number of nitrogens with zero attached hydrogens (tertiary/aromatic N) is 1. The fourth-order valence-electron chi connectivity index (χ4n) is 2.60. The zero-order chi connectivity index (χ0) is 13.5. The molecule has 0 unspecified atom stereocenters. The van der Waals surface area contributed by atoms with Crippen molar-refractivity contribution in [3.05, 3.63) is 24.3 Å². The lowest BCUT2D eigenvalue weighted by Crippen LogP contribution is -2.30. The number of phenolic OH excluding ortho intramolecular Hbond substituents is 1. The molecular formula is C16H25NOS. The van der Waals surface area contributed by atoms with E-state index in [9.17, 15) is 5.11 Å². The monoisotopic (exact) mass is 279 g/mol. The molecule has 2 nitrogen and oxygen atoms in total. The van der Waals surface area contributed by atoms with E-state index < -0.39 is 0 Å². The quantitative estimate of drug-likeness (QED) is 0.792. The first kappa shape index (κ1) is 14.7. The largest absolute Gasteiger partial charge is 0.508 e. The number of aromatic hydroxyl groups is 1. The molecule has 106 valence electrons. The highest BCUT2D eigenvalue weighted by Gasteiger charge is 2.10. The average molecular weight is 279 g/mol. The molecule has 2 rings (SSSR count). The fraction of sp³-hybridized carbons (Fsp3) is 0.625. The summed E-state index contributed by atoms with van der Waals surface area (Å²) in [7, 11) is 0. The molecule has 1 aliphatic heterocycles. The Morgan fingerprint density at radius 1 is 1.16 bits per heavy atom. The Balaban J connectivity index is 1.63. The number of benzene rings is 1. The van der Waals surface area contributed by atoms with Gasteiger partial charge in [-0.3, -0.25) is 0 Å². The number of hydrogen-bond donors (Lipinski definition) is 1. The van der Waals surface area contributed by atoms with Gasteiger partial charge in [-0.05, 0) is 69.6 Å². The Bertz CT molecular complexity index is 360. The van der Waals surface area contributed by atoms with Gasteiger partial charge in [0.05, 0.1) is 0 Å². The molecule has 1 saturated heterocycles. The number of piperidine rings is 1. The molecule has 3 heteroatoms. The number of likely N-dealkylation sites (tertiary alicyclic amines) is 1. The van der Waals surface area contributed by atoms with Crippen molar-refractivity contribution in [2.75, 3.05) is 19.6 Å². The average Bonchev–Trinajstić information content (AvgIpc) is 2.43. The third kappa shape index (κ3) is 5.45. The van der Waals surface area contributed by atoms with Crippen LogP contribution in [0.15, 0.2) is 29.2 Å². The van der Waals surface area contributed by atoms with Gasteiger partial charge in [-0.25, -0.2) is 0 Å². The van der Waals surface area contributed by atoms with E-state index in [0.717, 1.165) is 0 Å². The zero-order valence-electron chi connectivity index (χ0n) is 11.8. The number of hydrogen-bond acceptors (Lipinski definition) is 3. The molecule has 1 N–H and O–H groups in total. The number of phenols is 1. The van der Waals surface area contributed by atoms with Crippen molar-refractivity contribution < 1.29 is 5.11 Å². The summed E-state index contributed by atoms with van der Waals surface area (Å²) < 4.78 is 0. The normalized spacial score (nSPS) is 18.4. The standard InChI is InChI=1S/C16H25NOS/c1-14(19-16-9-7-15(18)8-10-16)6-5-13-17-11-3-2-4-12-17/h7-10,14,18H,2-6,11-13H2,1H3/t14-/m1/s1. The number of rotatable bonds is 6. The van der Waals surface area contributed by atoms with Crippen LogP contribution in [0.25, 0.3) is 0 Å². The van der Waals surface area contributed by atoms with Gasteiger partial charge in [0.1, 0.15) is 5.75 Å². The SMILES string of the molecule is C[C@H](CCCN1CCCCC1)Sc1ccc(O)cc1. The predicted molar refractivity (Wildman–Crippen MR) is 83.0 cm³/mol. The first-order chi connectivity index (χ1) is 9.24. The minimum absolute atomic E-state index is 0.349. The Morgan fingerprint density at radius 3 is 2.53 bits per heavy atom. The second kappa shape index (κ2) is 7.81. The van der Waals surface area contributed by atoms with Gasteiger partial charge in [-0.15, -0.1) is 11.8 Å². The first-order valence-electron chi connectivity index (χ1n) is 7.42. The van der Waals surface area contributed by atoms with Crippen LogP contribution >= 0.6 is 11.8 Å². The molecular weight excluding hydrogens is 254 g/mol. The Kier molecular flexibility index (Phi) is 6.05. The second-order valence-electron chi connectivity index (χ2n) is 5.47. The van der Waals surface area contributed by atoms with Crippen molar-refractivity contribution in [2.45, 2.75) is 49.2 Å². The van der Waals surface area contributed by atoms with Gasteiger partial charge in [0.2, 0.25) is 0 Å². The van der Waals surface area contributed by atoms with Gasteiger partial charge in [0.25, 0.3) is 0 Å². The molecule has 0 bridgehead atoms. The zero-order valence-corrected chi connectivity index (χ0v) is 12.7. The van der Waals surface area contributed by atoms with E-state index in [4.69, 9.17) is 0 Å². The topological polar surface area (TPSA) is 23.5 Å². The fourth-order valence-corrected chi connectivity index (χ4v) is 3.64. The molecule has 1 heterocycles. The predicted octanol–water partition coefficient (Wildman–Crippen LogP) is 4.14. The third-order valence-corrected chi connectivity index (χ3v) is 4.89. The summed E-state index contributed by atoms with van der Waals surface area (Å²) in [6, 6.07) is 7.54. The molecule has 1 fully saturated rings. The molecule has 1 aromatic carbocycles. The van der Waals surface area contributed by atoms with Crippen molar-refractivity contribution in [3.63, 3.8) is 0 Å². The highest BCUT2D eigenvalue weighted by molar-refractivity contribution is 7.99. The van der Waals surface area contributed by atoms with Gasteiger partial charge in [0.15, 0.2) is 0 Å². The molecule has 1 aromatic rings. The summed E-state index contributed by atoms with van der Waals surface area (Å²) in [6.45, 7) is 6.17.